The number of carbonyl (C=O) groups excluding carboxylic acids is 2. The van der Waals surface area contributed by atoms with Gasteiger partial charge in [0.05, 0.1) is 21.3 Å². The van der Waals surface area contributed by atoms with E-state index >= 15 is 0 Å². The quantitative estimate of drug-likeness (QED) is 0.166. The second-order valence-corrected chi connectivity index (χ2v) is 8.62. The molecule has 4 rings (SSSR count). The van der Waals surface area contributed by atoms with Crippen molar-refractivity contribution >= 4 is 58.1 Å². The third-order valence-corrected chi connectivity index (χ3v) is 5.97. The number of ether oxygens (including phenoxy) is 3. The van der Waals surface area contributed by atoms with Gasteiger partial charge in [0, 0.05) is 5.56 Å². The van der Waals surface area contributed by atoms with Crippen molar-refractivity contribution in [2.24, 2.45) is 4.99 Å². The van der Waals surface area contributed by atoms with Crippen molar-refractivity contribution in [3.8, 4) is 11.5 Å². The summed E-state index contributed by atoms with van der Waals surface area (Å²) in [6.45, 7) is 1.92. The zero-order valence-corrected chi connectivity index (χ0v) is 20.5. The minimum Gasteiger partial charge on any atom is -0.493 e. The number of aryl methyl sites for hydroxylation is 1. The minimum absolute atomic E-state index is 0.159. The van der Waals surface area contributed by atoms with Gasteiger partial charge in [-0.2, -0.15) is 0 Å². The van der Waals surface area contributed by atoms with E-state index in [1.54, 1.807) is 42.5 Å². The Morgan fingerprint density at radius 1 is 1.12 bits per heavy atom. The van der Waals surface area contributed by atoms with E-state index in [9.17, 15) is 9.59 Å². The third kappa shape index (κ3) is 4.94. The summed E-state index contributed by atoms with van der Waals surface area (Å²) in [5, 5.41) is 0.292. The number of methoxy groups -OCH3 is 1. The summed E-state index contributed by atoms with van der Waals surface area (Å²) in [7, 11) is 1.47. The minimum atomic E-state index is -0.602. The number of aliphatic imine (C=N–C) groups is 1. The Bertz CT molecular complexity index is 1330. The molecular formula is C25H17ClINO5. The first-order valence-electron chi connectivity index (χ1n) is 9.80. The maximum Gasteiger partial charge on any atom is 0.363 e. The SMILES string of the molecule is COc1cc(/C=C2\N=C(c3ccccc3C)OC2=O)cc(I)c1OC(=O)c1ccccc1Cl. The number of hydrogen-bond donors (Lipinski definition) is 0. The van der Waals surface area contributed by atoms with E-state index in [1.165, 1.54) is 7.11 Å². The van der Waals surface area contributed by atoms with Crippen molar-refractivity contribution in [3.05, 3.63) is 97.2 Å². The summed E-state index contributed by atoms with van der Waals surface area (Å²) >= 11 is 8.14. The molecule has 0 saturated carbocycles. The molecule has 0 N–H and O–H groups in total. The maximum atomic E-state index is 12.6. The van der Waals surface area contributed by atoms with Crippen molar-refractivity contribution in [1.29, 1.82) is 0 Å². The van der Waals surface area contributed by atoms with E-state index in [2.05, 4.69) is 4.99 Å². The average molecular weight is 574 g/mol. The normalized spacial score (nSPS) is 14.1. The number of nitrogens with zero attached hydrogens (tertiary/aromatic N) is 1. The Hall–Kier alpha value is -3.17. The largest absolute Gasteiger partial charge is 0.493 e. The first-order chi connectivity index (χ1) is 15.9. The first kappa shape index (κ1) is 23.0. The van der Waals surface area contributed by atoms with E-state index in [4.69, 9.17) is 25.8 Å². The van der Waals surface area contributed by atoms with Gasteiger partial charge in [-0.15, -0.1) is 0 Å². The topological polar surface area (TPSA) is 74.2 Å². The molecule has 0 saturated heterocycles. The van der Waals surface area contributed by atoms with Crippen LogP contribution < -0.4 is 9.47 Å². The van der Waals surface area contributed by atoms with Crippen LogP contribution in [0.5, 0.6) is 11.5 Å². The summed E-state index contributed by atoms with van der Waals surface area (Å²) in [5.41, 5.74) is 2.74. The molecule has 1 aliphatic rings. The van der Waals surface area contributed by atoms with Crippen LogP contribution in [0.2, 0.25) is 5.02 Å². The number of carbonyl (C=O) groups is 2. The fraction of sp³-hybridized carbons (Fsp3) is 0.0800. The summed E-state index contributed by atoms with van der Waals surface area (Å²) in [6, 6.07) is 17.6. The molecule has 166 valence electrons. The summed E-state index contributed by atoms with van der Waals surface area (Å²) in [5.74, 6) is -0.311. The van der Waals surface area contributed by atoms with Crippen molar-refractivity contribution in [2.75, 3.05) is 7.11 Å². The molecule has 8 heteroatoms. The molecule has 0 amide bonds. The van der Waals surface area contributed by atoms with E-state index in [0.717, 1.165) is 11.1 Å². The lowest BCUT2D eigenvalue weighted by Gasteiger charge is -2.13. The first-order valence-corrected chi connectivity index (χ1v) is 11.3. The summed E-state index contributed by atoms with van der Waals surface area (Å²) in [6.07, 6.45) is 1.60. The fourth-order valence-corrected chi connectivity index (χ4v) is 4.14. The van der Waals surface area contributed by atoms with Gasteiger partial charge in [-0.05, 0) is 77.0 Å². The molecule has 3 aromatic carbocycles. The molecule has 3 aromatic rings. The predicted molar refractivity (Wildman–Crippen MR) is 134 cm³/mol. The smallest absolute Gasteiger partial charge is 0.363 e. The lowest BCUT2D eigenvalue weighted by Crippen LogP contribution is -2.11. The Morgan fingerprint density at radius 3 is 2.58 bits per heavy atom. The molecule has 0 radical (unpaired) electrons. The van der Waals surface area contributed by atoms with E-state index in [1.807, 2.05) is 53.8 Å². The number of cyclic esters (lactones) is 1. The molecule has 0 atom stereocenters. The molecule has 1 heterocycles. The van der Waals surface area contributed by atoms with Crippen molar-refractivity contribution < 1.29 is 23.8 Å². The highest BCUT2D eigenvalue weighted by molar-refractivity contribution is 14.1. The zero-order chi connectivity index (χ0) is 23.5. The van der Waals surface area contributed by atoms with Crippen LogP contribution in [0.15, 0.2) is 71.4 Å². The van der Waals surface area contributed by atoms with Crippen molar-refractivity contribution in [3.63, 3.8) is 0 Å². The Balaban J connectivity index is 1.65. The lowest BCUT2D eigenvalue weighted by atomic mass is 10.1. The zero-order valence-electron chi connectivity index (χ0n) is 17.6. The molecule has 6 nitrogen and oxygen atoms in total. The molecule has 1 aliphatic heterocycles. The number of hydrogen-bond acceptors (Lipinski definition) is 6. The Kier molecular flexibility index (Phi) is 6.80. The van der Waals surface area contributed by atoms with Crippen LogP contribution in [-0.2, 0) is 9.53 Å². The Morgan fingerprint density at radius 2 is 1.85 bits per heavy atom. The second-order valence-electron chi connectivity index (χ2n) is 7.05. The molecule has 0 bridgehead atoms. The third-order valence-electron chi connectivity index (χ3n) is 4.84. The predicted octanol–water partition coefficient (Wildman–Crippen LogP) is 5.83. The standard InChI is InChI=1S/C25H17ClINO5/c1-14-7-3-4-8-16(14)23-28-20(25(30)33-23)12-15-11-19(27)22(21(13-15)31-2)32-24(29)17-9-5-6-10-18(17)26/h3-13H,1-2H3/b20-12-. The molecule has 0 aliphatic carbocycles. The number of rotatable bonds is 5. The summed E-state index contributed by atoms with van der Waals surface area (Å²) in [4.78, 5) is 29.4. The molecule has 0 unspecified atom stereocenters. The number of esters is 2. The molecule has 33 heavy (non-hydrogen) atoms. The second kappa shape index (κ2) is 9.76. The van der Waals surface area contributed by atoms with Gasteiger partial charge in [-0.25, -0.2) is 14.6 Å². The molecular weight excluding hydrogens is 557 g/mol. The highest BCUT2D eigenvalue weighted by Gasteiger charge is 2.25. The average Bonchev–Trinajstić information content (AvgIpc) is 3.15. The van der Waals surface area contributed by atoms with E-state index in [0.29, 0.717) is 19.9 Å². The van der Waals surface area contributed by atoms with Gasteiger partial charge in [0.15, 0.2) is 17.2 Å². The van der Waals surface area contributed by atoms with Gasteiger partial charge in [0.1, 0.15) is 0 Å². The fourth-order valence-electron chi connectivity index (χ4n) is 3.19. The highest BCUT2D eigenvalue weighted by atomic mass is 127. The van der Waals surface area contributed by atoms with Crippen LogP contribution >= 0.6 is 34.2 Å². The van der Waals surface area contributed by atoms with Gasteiger partial charge < -0.3 is 14.2 Å². The van der Waals surface area contributed by atoms with Crippen LogP contribution in [0.1, 0.15) is 27.0 Å². The van der Waals surface area contributed by atoms with Crippen LogP contribution in [0.4, 0.5) is 0 Å². The van der Waals surface area contributed by atoms with Crippen LogP contribution in [0, 0.1) is 10.5 Å². The highest BCUT2D eigenvalue weighted by Crippen LogP contribution is 2.36. The van der Waals surface area contributed by atoms with Crippen LogP contribution in [0.25, 0.3) is 6.08 Å². The van der Waals surface area contributed by atoms with Gasteiger partial charge in [-0.3, -0.25) is 0 Å². The lowest BCUT2D eigenvalue weighted by molar-refractivity contribution is -0.129. The number of benzene rings is 3. The van der Waals surface area contributed by atoms with Gasteiger partial charge in [0.2, 0.25) is 5.90 Å². The van der Waals surface area contributed by atoms with Crippen LogP contribution in [0.3, 0.4) is 0 Å². The maximum absolute atomic E-state index is 12.6. The number of halogens is 2. The molecule has 0 fully saturated rings. The van der Waals surface area contributed by atoms with E-state index in [-0.39, 0.29) is 22.9 Å². The van der Waals surface area contributed by atoms with Crippen molar-refractivity contribution in [2.45, 2.75) is 6.92 Å². The van der Waals surface area contributed by atoms with Gasteiger partial charge in [-0.1, -0.05) is 41.9 Å². The molecule has 0 aromatic heterocycles. The van der Waals surface area contributed by atoms with Gasteiger partial charge >= 0.3 is 11.9 Å². The molecule has 0 spiro atoms. The Labute approximate surface area is 209 Å². The van der Waals surface area contributed by atoms with Crippen molar-refractivity contribution in [1.82, 2.24) is 0 Å². The van der Waals surface area contributed by atoms with Crippen LogP contribution in [-0.4, -0.2) is 24.9 Å². The van der Waals surface area contributed by atoms with Gasteiger partial charge in [0.25, 0.3) is 0 Å². The summed E-state index contributed by atoms with van der Waals surface area (Å²) < 4.78 is 17.0. The van der Waals surface area contributed by atoms with E-state index < -0.39 is 11.9 Å². The monoisotopic (exact) mass is 573 g/mol.